The second-order valence-electron chi connectivity index (χ2n) is 5.85. The fraction of sp³-hybridized carbons (Fsp3) is 0.100. The first-order chi connectivity index (χ1) is 13.6. The maximum Gasteiger partial charge on any atom is 0.258 e. The Morgan fingerprint density at radius 2 is 1.93 bits per heavy atom. The lowest BCUT2D eigenvalue weighted by atomic mass is 10.2. The average Bonchev–Trinajstić information content (AvgIpc) is 3.40. The van der Waals surface area contributed by atoms with Crippen molar-refractivity contribution in [1.29, 1.82) is 0 Å². The average molecular weight is 400 g/mol. The standard InChI is InChI=1S/C20H14ClNO6/c21-12-5-6-15-14(9-12)18(24)20(19(28-15)16-4-2-8-26-16)27-11-17(23)22-10-13-3-1-7-25-13/h1-9H,10-11H2,(H,22,23). The molecule has 4 aromatic rings. The van der Waals surface area contributed by atoms with Crippen molar-refractivity contribution in [3.8, 4) is 17.3 Å². The minimum Gasteiger partial charge on any atom is -0.476 e. The summed E-state index contributed by atoms with van der Waals surface area (Å²) in [7, 11) is 0. The summed E-state index contributed by atoms with van der Waals surface area (Å²) in [5.41, 5.74) is -0.121. The minimum absolute atomic E-state index is 0.101. The van der Waals surface area contributed by atoms with Crippen LogP contribution in [0.3, 0.4) is 0 Å². The van der Waals surface area contributed by atoms with Crippen LogP contribution in [0.4, 0.5) is 0 Å². The van der Waals surface area contributed by atoms with Crippen molar-refractivity contribution in [1.82, 2.24) is 5.32 Å². The van der Waals surface area contributed by atoms with Crippen LogP contribution >= 0.6 is 11.6 Å². The van der Waals surface area contributed by atoms with Gasteiger partial charge in [0.1, 0.15) is 11.3 Å². The molecule has 0 fully saturated rings. The number of benzene rings is 1. The quantitative estimate of drug-likeness (QED) is 0.526. The lowest BCUT2D eigenvalue weighted by Gasteiger charge is -2.10. The molecule has 0 aliphatic rings. The summed E-state index contributed by atoms with van der Waals surface area (Å²) in [6.07, 6.45) is 2.96. The van der Waals surface area contributed by atoms with Gasteiger partial charge in [-0.05, 0) is 42.5 Å². The first-order valence-electron chi connectivity index (χ1n) is 8.34. The number of hydrogen-bond acceptors (Lipinski definition) is 6. The molecule has 142 valence electrons. The highest BCUT2D eigenvalue weighted by atomic mass is 35.5. The van der Waals surface area contributed by atoms with Crippen molar-refractivity contribution in [2.45, 2.75) is 6.54 Å². The van der Waals surface area contributed by atoms with Crippen LogP contribution in [0.2, 0.25) is 5.02 Å². The number of carbonyl (C=O) groups is 1. The summed E-state index contributed by atoms with van der Waals surface area (Å²) in [6.45, 7) is -0.173. The van der Waals surface area contributed by atoms with Crippen LogP contribution in [0.1, 0.15) is 5.76 Å². The number of furan rings is 2. The van der Waals surface area contributed by atoms with Gasteiger partial charge in [-0.1, -0.05) is 11.6 Å². The van der Waals surface area contributed by atoms with E-state index < -0.39 is 11.3 Å². The molecule has 0 saturated heterocycles. The molecule has 3 aromatic heterocycles. The third-order valence-corrected chi connectivity index (χ3v) is 4.18. The Morgan fingerprint density at radius 1 is 1.11 bits per heavy atom. The third-order valence-electron chi connectivity index (χ3n) is 3.94. The first kappa shape index (κ1) is 17.9. The Labute approximate surface area is 163 Å². The van der Waals surface area contributed by atoms with E-state index in [1.165, 1.54) is 18.6 Å². The summed E-state index contributed by atoms with van der Waals surface area (Å²) >= 11 is 5.99. The molecule has 0 spiro atoms. The van der Waals surface area contributed by atoms with E-state index >= 15 is 0 Å². The second kappa shape index (κ2) is 7.66. The van der Waals surface area contributed by atoms with E-state index in [1.54, 1.807) is 36.4 Å². The topological polar surface area (TPSA) is 94.8 Å². The van der Waals surface area contributed by atoms with Crippen molar-refractivity contribution in [3.05, 3.63) is 76.0 Å². The molecule has 1 N–H and O–H groups in total. The van der Waals surface area contributed by atoms with E-state index in [0.717, 1.165) is 0 Å². The van der Waals surface area contributed by atoms with E-state index in [1.807, 2.05) is 0 Å². The van der Waals surface area contributed by atoms with Crippen molar-refractivity contribution in [2.24, 2.45) is 0 Å². The number of halogens is 1. The zero-order valence-electron chi connectivity index (χ0n) is 14.4. The van der Waals surface area contributed by atoms with Crippen molar-refractivity contribution in [2.75, 3.05) is 6.61 Å². The summed E-state index contributed by atoms with van der Waals surface area (Å²) in [5.74, 6) is 0.457. The molecule has 0 unspecified atom stereocenters. The predicted molar refractivity (Wildman–Crippen MR) is 101 cm³/mol. The molecule has 0 bridgehead atoms. The van der Waals surface area contributed by atoms with Gasteiger partial charge in [-0.15, -0.1) is 0 Å². The zero-order valence-corrected chi connectivity index (χ0v) is 15.2. The summed E-state index contributed by atoms with van der Waals surface area (Å²) < 4.78 is 21.8. The Balaban J connectivity index is 1.62. The summed E-state index contributed by atoms with van der Waals surface area (Å²) in [5, 5.41) is 3.27. The molecule has 0 radical (unpaired) electrons. The number of carbonyl (C=O) groups excluding carboxylic acids is 1. The summed E-state index contributed by atoms with van der Waals surface area (Å²) in [6, 6.07) is 11.4. The van der Waals surface area contributed by atoms with Gasteiger partial charge >= 0.3 is 0 Å². The van der Waals surface area contributed by atoms with E-state index in [0.29, 0.717) is 22.1 Å². The molecule has 8 heteroatoms. The number of rotatable bonds is 6. The smallest absolute Gasteiger partial charge is 0.258 e. The molecule has 1 amide bonds. The minimum atomic E-state index is -0.450. The van der Waals surface area contributed by atoms with Crippen LogP contribution in [0.5, 0.6) is 5.75 Å². The number of nitrogens with one attached hydrogen (secondary N) is 1. The lowest BCUT2D eigenvalue weighted by molar-refractivity contribution is -0.123. The molecular formula is C20H14ClNO6. The van der Waals surface area contributed by atoms with Gasteiger partial charge in [0.05, 0.1) is 24.5 Å². The number of ether oxygens (including phenoxy) is 1. The molecule has 0 aliphatic carbocycles. The van der Waals surface area contributed by atoms with E-state index in [9.17, 15) is 9.59 Å². The highest BCUT2D eigenvalue weighted by molar-refractivity contribution is 6.31. The van der Waals surface area contributed by atoms with Gasteiger partial charge in [-0.2, -0.15) is 0 Å². The maximum atomic E-state index is 12.9. The highest BCUT2D eigenvalue weighted by Crippen LogP contribution is 2.31. The van der Waals surface area contributed by atoms with Gasteiger partial charge in [0.25, 0.3) is 5.91 Å². The summed E-state index contributed by atoms with van der Waals surface area (Å²) in [4.78, 5) is 25.0. The fourth-order valence-electron chi connectivity index (χ4n) is 2.64. The Bertz CT molecular complexity index is 1160. The predicted octanol–water partition coefficient (Wildman–Crippen LogP) is 3.99. The van der Waals surface area contributed by atoms with Gasteiger partial charge in [-0.3, -0.25) is 9.59 Å². The van der Waals surface area contributed by atoms with Crippen molar-refractivity contribution in [3.63, 3.8) is 0 Å². The Hall–Kier alpha value is -3.45. The molecule has 0 saturated carbocycles. The van der Waals surface area contributed by atoms with Gasteiger partial charge in [0, 0.05) is 5.02 Å². The van der Waals surface area contributed by atoms with E-state index in [2.05, 4.69) is 5.32 Å². The van der Waals surface area contributed by atoms with Crippen LogP contribution < -0.4 is 15.5 Å². The van der Waals surface area contributed by atoms with E-state index in [4.69, 9.17) is 29.6 Å². The van der Waals surface area contributed by atoms with Gasteiger partial charge in [0.2, 0.25) is 16.9 Å². The molecule has 28 heavy (non-hydrogen) atoms. The Morgan fingerprint density at radius 3 is 2.68 bits per heavy atom. The molecule has 1 aromatic carbocycles. The van der Waals surface area contributed by atoms with Gasteiger partial charge < -0.3 is 23.3 Å². The number of amides is 1. The van der Waals surface area contributed by atoms with Crippen LogP contribution in [-0.4, -0.2) is 12.5 Å². The number of fused-ring (bicyclic) bond motifs is 1. The molecule has 0 atom stereocenters. The lowest BCUT2D eigenvalue weighted by Crippen LogP contribution is -2.29. The van der Waals surface area contributed by atoms with Gasteiger partial charge in [0.15, 0.2) is 12.4 Å². The maximum absolute atomic E-state index is 12.9. The van der Waals surface area contributed by atoms with Crippen LogP contribution in [0.15, 0.2) is 73.0 Å². The van der Waals surface area contributed by atoms with Crippen LogP contribution in [0.25, 0.3) is 22.5 Å². The molecule has 0 aliphatic heterocycles. The second-order valence-corrected chi connectivity index (χ2v) is 6.29. The zero-order chi connectivity index (χ0) is 19.5. The SMILES string of the molecule is O=C(COc1c(-c2ccco2)oc2ccc(Cl)cc2c1=O)NCc1ccco1. The van der Waals surface area contributed by atoms with Crippen molar-refractivity contribution < 1.29 is 22.8 Å². The highest BCUT2D eigenvalue weighted by Gasteiger charge is 2.20. The van der Waals surface area contributed by atoms with Gasteiger partial charge in [-0.25, -0.2) is 0 Å². The molecular weight excluding hydrogens is 386 g/mol. The fourth-order valence-corrected chi connectivity index (χ4v) is 2.81. The third kappa shape index (κ3) is 3.65. The Kier molecular flexibility index (Phi) is 4.90. The monoisotopic (exact) mass is 399 g/mol. The van der Waals surface area contributed by atoms with Crippen molar-refractivity contribution >= 4 is 28.5 Å². The number of hydrogen-bond donors (Lipinski definition) is 1. The van der Waals surface area contributed by atoms with Crippen LogP contribution in [0, 0.1) is 0 Å². The first-order valence-corrected chi connectivity index (χ1v) is 8.72. The van der Waals surface area contributed by atoms with E-state index in [-0.39, 0.29) is 30.0 Å². The molecule has 7 nitrogen and oxygen atoms in total. The van der Waals surface area contributed by atoms with Crippen LogP contribution in [-0.2, 0) is 11.3 Å². The normalized spacial score (nSPS) is 10.9. The molecule has 4 rings (SSSR count). The molecule has 3 heterocycles. The largest absolute Gasteiger partial charge is 0.476 e.